The summed E-state index contributed by atoms with van der Waals surface area (Å²) in [6, 6.07) is 9.19. The Hall–Kier alpha value is -2.18. The lowest BCUT2D eigenvalue weighted by molar-refractivity contribution is 0.229. The molecule has 1 fully saturated rings. The van der Waals surface area contributed by atoms with Gasteiger partial charge in [0.1, 0.15) is 0 Å². The van der Waals surface area contributed by atoms with Gasteiger partial charge in [-0.2, -0.15) is 4.98 Å². The fourth-order valence-corrected chi connectivity index (χ4v) is 2.90. The van der Waals surface area contributed by atoms with Crippen molar-refractivity contribution in [2.45, 2.75) is 24.8 Å². The normalized spacial score (nSPS) is 15.9. The molecule has 3 aromatic rings. The summed E-state index contributed by atoms with van der Waals surface area (Å²) in [6.45, 7) is 0. The second-order valence-electron chi connectivity index (χ2n) is 5.91. The lowest BCUT2D eigenvalue weighted by atomic mass is 9.77. The van der Waals surface area contributed by atoms with Crippen LogP contribution < -0.4 is 11.3 Å². The quantitative estimate of drug-likeness (QED) is 0.778. The number of nitrogens with two attached hydrogens (primary N) is 1. The van der Waals surface area contributed by atoms with Crippen LogP contribution in [-0.2, 0) is 12.6 Å². The Morgan fingerprint density at radius 2 is 2.04 bits per heavy atom. The minimum absolute atomic E-state index is 0. The first-order valence-electron chi connectivity index (χ1n) is 7.31. The number of para-hydroxylation sites is 1. The summed E-state index contributed by atoms with van der Waals surface area (Å²) >= 11 is 0. The molecule has 2 N–H and O–H groups in total. The number of halogens is 1. The van der Waals surface area contributed by atoms with E-state index in [0.29, 0.717) is 17.3 Å². The maximum absolute atomic E-state index is 12.1. The fraction of sp³-hybridized carbons (Fsp3) is 0.312. The van der Waals surface area contributed by atoms with Gasteiger partial charge in [-0.1, -0.05) is 23.4 Å². The molecule has 0 radical (unpaired) electrons. The first-order chi connectivity index (χ1) is 10.6. The minimum Gasteiger partial charge on any atom is -0.334 e. The molecule has 23 heavy (non-hydrogen) atoms. The number of aryl methyl sites for hydroxylation is 1. The van der Waals surface area contributed by atoms with Crippen molar-refractivity contribution in [3.05, 3.63) is 46.5 Å². The van der Waals surface area contributed by atoms with E-state index in [0.717, 1.165) is 30.2 Å². The average Bonchev–Trinajstić information content (AvgIpc) is 2.98. The Labute approximate surface area is 138 Å². The van der Waals surface area contributed by atoms with Crippen molar-refractivity contribution >= 4 is 23.3 Å². The molecule has 1 saturated carbocycles. The van der Waals surface area contributed by atoms with Crippen molar-refractivity contribution in [1.29, 1.82) is 0 Å². The van der Waals surface area contributed by atoms with Crippen LogP contribution in [0.2, 0.25) is 0 Å². The van der Waals surface area contributed by atoms with E-state index in [1.807, 2.05) is 24.3 Å². The molecule has 0 aliphatic heterocycles. The van der Waals surface area contributed by atoms with Crippen LogP contribution >= 0.6 is 12.4 Å². The highest BCUT2D eigenvalue weighted by molar-refractivity contribution is 5.92. The Balaban J connectivity index is 0.00000156. The number of rotatable bonds is 2. The third kappa shape index (κ3) is 2.34. The molecule has 2 heterocycles. The molecule has 6 nitrogen and oxygen atoms in total. The van der Waals surface area contributed by atoms with E-state index in [1.54, 1.807) is 11.6 Å². The number of hydrogen-bond acceptors (Lipinski definition) is 5. The fourth-order valence-electron chi connectivity index (χ4n) is 2.90. The van der Waals surface area contributed by atoms with Gasteiger partial charge >= 0.3 is 0 Å². The number of nitrogens with zero attached hydrogens (tertiary/aromatic N) is 3. The molecule has 120 valence electrons. The number of hydrogen-bond donors (Lipinski definition) is 1. The summed E-state index contributed by atoms with van der Waals surface area (Å²) in [7, 11) is 1.75. The molecule has 2 aromatic heterocycles. The second kappa shape index (κ2) is 5.47. The summed E-state index contributed by atoms with van der Waals surface area (Å²) in [6.07, 6.45) is 2.81. The van der Waals surface area contributed by atoms with Gasteiger partial charge in [0, 0.05) is 18.5 Å². The van der Waals surface area contributed by atoms with Crippen molar-refractivity contribution < 1.29 is 4.52 Å². The van der Waals surface area contributed by atoms with Crippen molar-refractivity contribution in [3.8, 4) is 11.5 Å². The van der Waals surface area contributed by atoms with Crippen molar-refractivity contribution in [1.82, 2.24) is 14.7 Å². The lowest BCUT2D eigenvalue weighted by Gasteiger charge is -2.34. The van der Waals surface area contributed by atoms with E-state index < -0.39 is 5.54 Å². The van der Waals surface area contributed by atoms with Crippen LogP contribution in [0.3, 0.4) is 0 Å². The molecule has 1 aliphatic carbocycles. The molecule has 0 unspecified atom stereocenters. The standard InChI is InChI=1S/C16H16N4O2.ClH/c1-20-12-6-3-2-5-10(12)11(9-13(20)21)14-18-15(19-22-14)16(17)7-4-8-16;/h2-3,5-6,9H,4,7-8,17H2,1H3;1H. The molecule has 0 atom stereocenters. The Morgan fingerprint density at radius 1 is 1.30 bits per heavy atom. The second-order valence-corrected chi connectivity index (χ2v) is 5.91. The molecule has 7 heteroatoms. The van der Waals surface area contributed by atoms with Gasteiger partial charge in [0.05, 0.1) is 16.6 Å². The van der Waals surface area contributed by atoms with Crippen LogP contribution in [0.4, 0.5) is 0 Å². The van der Waals surface area contributed by atoms with Gasteiger partial charge in [0.25, 0.3) is 11.4 Å². The third-order valence-electron chi connectivity index (χ3n) is 4.50. The summed E-state index contributed by atoms with van der Waals surface area (Å²) in [5.74, 6) is 0.874. The molecule has 1 aliphatic rings. The number of fused-ring (bicyclic) bond motifs is 1. The van der Waals surface area contributed by atoms with E-state index in [-0.39, 0.29) is 18.0 Å². The maximum Gasteiger partial charge on any atom is 0.258 e. The topological polar surface area (TPSA) is 86.9 Å². The highest BCUT2D eigenvalue weighted by Gasteiger charge is 2.39. The molecular formula is C16H17ClN4O2. The van der Waals surface area contributed by atoms with Gasteiger partial charge in [-0.15, -0.1) is 12.4 Å². The molecular weight excluding hydrogens is 316 g/mol. The zero-order valence-corrected chi connectivity index (χ0v) is 13.5. The summed E-state index contributed by atoms with van der Waals surface area (Å²) in [5.41, 5.74) is 7.13. The smallest absolute Gasteiger partial charge is 0.258 e. The van der Waals surface area contributed by atoms with E-state index >= 15 is 0 Å². The molecule has 0 spiro atoms. The molecule has 0 bridgehead atoms. The summed E-state index contributed by atoms with van der Waals surface area (Å²) in [5, 5.41) is 4.93. The highest BCUT2D eigenvalue weighted by atomic mass is 35.5. The predicted octanol–water partition coefficient (Wildman–Crippen LogP) is 2.35. The van der Waals surface area contributed by atoms with E-state index in [9.17, 15) is 4.79 Å². The van der Waals surface area contributed by atoms with Crippen LogP contribution in [0.1, 0.15) is 25.1 Å². The number of benzene rings is 1. The van der Waals surface area contributed by atoms with Gasteiger partial charge in [0.2, 0.25) is 0 Å². The number of aromatic nitrogens is 3. The number of pyridine rings is 1. The molecule has 0 amide bonds. The van der Waals surface area contributed by atoms with Crippen molar-refractivity contribution in [2.24, 2.45) is 12.8 Å². The predicted molar refractivity (Wildman–Crippen MR) is 89.4 cm³/mol. The Bertz CT molecular complexity index is 927. The summed E-state index contributed by atoms with van der Waals surface area (Å²) < 4.78 is 6.99. The van der Waals surface area contributed by atoms with Crippen LogP contribution in [0.5, 0.6) is 0 Å². The molecule has 4 rings (SSSR count). The third-order valence-corrected chi connectivity index (χ3v) is 4.50. The van der Waals surface area contributed by atoms with Gasteiger partial charge < -0.3 is 14.8 Å². The van der Waals surface area contributed by atoms with E-state index in [1.165, 1.54) is 6.07 Å². The SMILES string of the molecule is Cl.Cn1c(=O)cc(-c2nc(C3(N)CCC3)no2)c2ccccc21. The van der Waals surface area contributed by atoms with Gasteiger partial charge in [-0.3, -0.25) is 4.79 Å². The zero-order chi connectivity index (χ0) is 15.3. The van der Waals surface area contributed by atoms with Gasteiger partial charge in [-0.25, -0.2) is 0 Å². The van der Waals surface area contributed by atoms with E-state index in [2.05, 4.69) is 10.1 Å². The van der Waals surface area contributed by atoms with Crippen LogP contribution in [-0.4, -0.2) is 14.7 Å². The van der Waals surface area contributed by atoms with Crippen LogP contribution in [0, 0.1) is 0 Å². The van der Waals surface area contributed by atoms with Gasteiger partial charge in [0.15, 0.2) is 5.82 Å². The average molecular weight is 333 g/mol. The van der Waals surface area contributed by atoms with Crippen LogP contribution in [0.15, 0.2) is 39.6 Å². The monoisotopic (exact) mass is 332 g/mol. The summed E-state index contributed by atoms with van der Waals surface area (Å²) in [4.78, 5) is 16.6. The van der Waals surface area contributed by atoms with Crippen LogP contribution in [0.25, 0.3) is 22.4 Å². The van der Waals surface area contributed by atoms with Crippen molar-refractivity contribution in [3.63, 3.8) is 0 Å². The maximum atomic E-state index is 12.1. The first kappa shape index (κ1) is 15.7. The minimum atomic E-state index is -0.475. The van der Waals surface area contributed by atoms with E-state index in [4.69, 9.17) is 10.3 Å². The Morgan fingerprint density at radius 3 is 2.74 bits per heavy atom. The molecule has 0 saturated heterocycles. The first-order valence-corrected chi connectivity index (χ1v) is 7.31. The lowest BCUT2D eigenvalue weighted by Crippen LogP contribution is -2.44. The highest BCUT2D eigenvalue weighted by Crippen LogP contribution is 2.38. The van der Waals surface area contributed by atoms with Crippen molar-refractivity contribution in [2.75, 3.05) is 0 Å². The molecule has 1 aromatic carbocycles. The van der Waals surface area contributed by atoms with Gasteiger partial charge in [-0.05, 0) is 25.3 Å². The Kier molecular flexibility index (Phi) is 3.74. The zero-order valence-electron chi connectivity index (χ0n) is 12.7. The largest absolute Gasteiger partial charge is 0.334 e.